The van der Waals surface area contributed by atoms with Gasteiger partial charge in [-0.3, -0.25) is 0 Å². The van der Waals surface area contributed by atoms with E-state index in [0.29, 0.717) is 11.9 Å². The van der Waals surface area contributed by atoms with Crippen molar-refractivity contribution in [3.05, 3.63) is 0 Å². The summed E-state index contributed by atoms with van der Waals surface area (Å²) < 4.78 is 21.8. The zero-order valence-electron chi connectivity index (χ0n) is 9.18. The third-order valence-corrected chi connectivity index (χ3v) is 4.12. The summed E-state index contributed by atoms with van der Waals surface area (Å²) in [4.78, 5) is 0. The summed E-state index contributed by atoms with van der Waals surface area (Å²) >= 11 is 1.87. The molecule has 0 amide bonds. The summed E-state index contributed by atoms with van der Waals surface area (Å²) in [7, 11) is 3.44. The van der Waals surface area contributed by atoms with Crippen LogP contribution in [0.4, 0.5) is 0 Å². The molecule has 2 rings (SSSR count). The van der Waals surface area contributed by atoms with Crippen molar-refractivity contribution in [3.8, 4) is 0 Å². The average Bonchev–Trinajstić information content (AvgIpc) is 2.80. The quantitative estimate of drug-likeness (QED) is 0.649. The Morgan fingerprint density at radius 1 is 1.20 bits per heavy atom. The Hall–Kier alpha value is 0.190. The largest absolute Gasteiger partial charge is 0.384 e. The van der Waals surface area contributed by atoms with Crippen LogP contribution in [-0.4, -0.2) is 63.4 Å². The van der Waals surface area contributed by atoms with E-state index in [4.69, 9.17) is 18.9 Å². The van der Waals surface area contributed by atoms with Gasteiger partial charge in [-0.15, -0.1) is 0 Å². The molecule has 2 saturated heterocycles. The van der Waals surface area contributed by atoms with Crippen LogP contribution in [0, 0.1) is 0 Å². The Labute approximate surface area is 94.6 Å². The summed E-state index contributed by atoms with van der Waals surface area (Å²) in [5, 5.41) is 0.435. The van der Waals surface area contributed by atoms with Crippen molar-refractivity contribution in [2.75, 3.05) is 39.8 Å². The number of hydrogen-bond donors (Lipinski definition) is 0. The highest BCUT2D eigenvalue weighted by atomic mass is 32.2. The summed E-state index contributed by atoms with van der Waals surface area (Å²) in [5.41, 5.74) is 0. The number of fused-ring (bicyclic) bond motifs is 1. The first-order valence-electron chi connectivity index (χ1n) is 5.23. The van der Waals surface area contributed by atoms with Gasteiger partial charge in [0, 0.05) is 20.0 Å². The van der Waals surface area contributed by atoms with Crippen LogP contribution in [0.3, 0.4) is 0 Å². The third-order valence-electron chi connectivity index (χ3n) is 2.88. The molecule has 0 aliphatic carbocycles. The monoisotopic (exact) mass is 234 g/mol. The standard InChI is InChI=1S/C10H18O4S/c1-11-3-4-15-8-6-14-9-7(12-2)5-13-10(8)9/h7-10H,3-6H2,1-2H3/t7?,8?,9-,10-/m1/s1. The van der Waals surface area contributed by atoms with E-state index in [1.807, 2.05) is 11.8 Å². The predicted molar refractivity (Wildman–Crippen MR) is 58.4 cm³/mol. The molecule has 2 unspecified atom stereocenters. The second-order valence-corrected chi connectivity index (χ2v) is 5.12. The number of methoxy groups -OCH3 is 2. The lowest BCUT2D eigenvalue weighted by Crippen LogP contribution is -2.31. The zero-order valence-corrected chi connectivity index (χ0v) is 10.00. The first kappa shape index (κ1) is 11.7. The molecule has 2 aliphatic rings. The molecule has 0 bridgehead atoms. The topological polar surface area (TPSA) is 36.9 Å². The van der Waals surface area contributed by atoms with E-state index in [1.165, 1.54) is 0 Å². The fraction of sp³-hybridized carbons (Fsp3) is 1.00. The lowest BCUT2D eigenvalue weighted by atomic mass is 10.1. The van der Waals surface area contributed by atoms with Gasteiger partial charge in [0.1, 0.15) is 18.3 Å². The van der Waals surface area contributed by atoms with Gasteiger partial charge in [-0.1, -0.05) is 0 Å². The van der Waals surface area contributed by atoms with E-state index < -0.39 is 0 Å². The highest BCUT2D eigenvalue weighted by Crippen LogP contribution is 2.34. The average molecular weight is 234 g/mol. The van der Waals surface area contributed by atoms with Crippen LogP contribution in [0.1, 0.15) is 0 Å². The van der Waals surface area contributed by atoms with E-state index in [2.05, 4.69) is 0 Å². The highest BCUT2D eigenvalue weighted by molar-refractivity contribution is 8.00. The number of hydrogen-bond acceptors (Lipinski definition) is 5. The van der Waals surface area contributed by atoms with Crippen molar-refractivity contribution < 1.29 is 18.9 Å². The minimum Gasteiger partial charge on any atom is -0.384 e. The molecular weight excluding hydrogens is 216 g/mol. The molecule has 0 radical (unpaired) electrons. The van der Waals surface area contributed by atoms with Gasteiger partial charge in [-0.2, -0.15) is 11.8 Å². The molecule has 0 aromatic rings. The minimum atomic E-state index is 0.114. The predicted octanol–water partition coefficient (Wildman–Crippen LogP) is 0.547. The molecular formula is C10H18O4S. The van der Waals surface area contributed by atoms with Gasteiger partial charge in [-0.25, -0.2) is 0 Å². The number of ether oxygens (including phenoxy) is 4. The lowest BCUT2D eigenvalue weighted by molar-refractivity contribution is -0.00711. The van der Waals surface area contributed by atoms with Crippen LogP contribution >= 0.6 is 11.8 Å². The van der Waals surface area contributed by atoms with Gasteiger partial charge in [0.15, 0.2) is 0 Å². The van der Waals surface area contributed by atoms with Crippen LogP contribution in [0.15, 0.2) is 0 Å². The molecule has 0 aromatic heterocycles. The third kappa shape index (κ3) is 2.47. The van der Waals surface area contributed by atoms with Crippen molar-refractivity contribution in [1.29, 1.82) is 0 Å². The molecule has 2 fully saturated rings. The fourth-order valence-electron chi connectivity index (χ4n) is 2.06. The van der Waals surface area contributed by atoms with E-state index in [9.17, 15) is 0 Å². The number of rotatable bonds is 5. The normalized spacial score (nSPS) is 39.6. The van der Waals surface area contributed by atoms with Gasteiger partial charge >= 0.3 is 0 Å². The minimum absolute atomic E-state index is 0.114. The van der Waals surface area contributed by atoms with Gasteiger partial charge in [0.2, 0.25) is 0 Å². The van der Waals surface area contributed by atoms with Crippen molar-refractivity contribution in [2.24, 2.45) is 0 Å². The SMILES string of the molecule is COCCSC1CO[C@@H]2C(OC)CO[C@H]12. The smallest absolute Gasteiger partial charge is 0.113 e. The van der Waals surface area contributed by atoms with Gasteiger partial charge in [0.25, 0.3) is 0 Å². The van der Waals surface area contributed by atoms with Gasteiger partial charge in [0.05, 0.1) is 25.1 Å². The second-order valence-electron chi connectivity index (χ2n) is 3.77. The fourth-order valence-corrected chi connectivity index (χ4v) is 3.22. The van der Waals surface area contributed by atoms with Crippen LogP contribution in [-0.2, 0) is 18.9 Å². The lowest BCUT2D eigenvalue weighted by Gasteiger charge is -2.15. The Balaban J connectivity index is 1.80. The molecule has 0 saturated carbocycles. The summed E-state index contributed by atoms with van der Waals surface area (Å²) in [5.74, 6) is 0.995. The second kappa shape index (κ2) is 5.50. The molecule has 2 aliphatic heterocycles. The maximum Gasteiger partial charge on any atom is 0.113 e. The molecule has 88 valence electrons. The first-order valence-corrected chi connectivity index (χ1v) is 6.28. The molecule has 5 heteroatoms. The molecule has 0 aromatic carbocycles. The van der Waals surface area contributed by atoms with Crippen LogP contribution in [0.2, 0.25) is 0 Å². The van der Waals surface area contributed by atoms with Crippen molar-refractivity contribution in [2.45, 2.75) is 23.6 Å². The van der Waals surface area contributed by atoms with Crippen molar-refractivity contribution in [1.82, 2.24) is 0 Å². The van der Waals surface area contributed by atoms with Crippen LogP contribution in [0.25, 0.3) is 0 Å². The maximum absolute atomic E-state index is 5.71. The van der Waals surface area contributed by atoms with Crippen molar-refractivity contribution in [3.63, 3.8) is 0 Å². The van der Waals surface area contributed by atoms with Crippen LogP contribution < -0.4 is 0 Å². The molecule has 0 N–H and O–H groups in total. The summed E-state index contributed by atoms with van der Waals surface area (Å²) in [6.45, 7) is 2.21. The molecule has 15 heavy (non-hydrogen) atoms. The first-order chi connectivity index (χ1) is 7.36. The summed E-state index contributed by atoms with van der Waals surface area (Å²) in [6.07, 6.45) is 0.454. The highest BCUT2D eigenvalue weighted by Gasteiger charge is 2.47. The van der Waals surface area contributed by atoms with E-state index in [0.717, 1.165) is 19.0 Å². The molecule has 4 nitrogen and oxygen atoms in total. The summed E-state index contributed by atoms with van der Waals surface area (Å²) in [6, 6.07) is 0. The van der Waals surface area contributed by atoms with Crippen LogP contribution in [0.5, 0.6) is 0 Å². The van der Waals surface area contributed by atoms with Crippen molar-refractivity contribution >= 4 is 11.8 Å². The molecule has 2 heterocycles. The van der Waals surface area contributed by atoms with E-state index >= 15 is 0 Å². The molecule has 0 spiro atoms. The Bertz CT molecular complexity index is 202. The maximum atomic E-state index is 5.71. The van der Waals surface area contributed by atoms with E-state index in [-0.39, 0.29) is 18.3 Å². The van der Waals surface area contributed by atoms with E-state index in [1.54, 1.807) is 14.2 Å². The Morgan fingerprint density at radius 2 is 2.00 bits per heavy atom. The number of thioether (sulfide) groups is 1. The Morgan fingerprint density at radius 3 is 2.73 bits per heavy atom. The molecule has 4 atom stereocenters. The van der Waals surface area contributed by atoms with Gasteiger partial charge in [-0.05, 0) is 0 Å². The Kier molecular flexibility index (Phi) is 4.28. The zero-order chi connectivity index (χ0) is 10.7. The van der Waals surface area contributed by atoms with Gasteiger partial charge < -0.3 is 18.9 Å².